The molecule has 0 spiro atoms. The lowest BCUT2D eigenvalue weighted by atomic mass is 10.2. The lowest BCUT2D eigenvalue weighted by Gasteiger charge is -2.13. The molecule has 4 nitrogen and oxygen atoms in total. The molecule has 0 bridgehead atoms. The van der Waals surface area contributed by atoms with Gasteiger partial charge in [-0.2, -0.15) is 0 Å². The summed E-state index contributed by atoms with van der Waals surface area (Å²) >= 11 is 5.73. The molecule has 0 radical (unpaired) electrons. The summed E-state index contributed by atoms with van der Waals surface area (Å²) in [5.74, 6) is -1.60. The van der Waals surface area contributed by atoms with Crippen LogP contribution < -0.4 is 5.32 Å². The molecule has 0 saturated heterocycles. The van der Waals surface area contributed by atoms with E-state index < -0.39 is 24.3 Å². The van der Waals surface area contributed by atoms with E-state index in [-0.39, 0.29) is 16.6 Å². The van der Waals surface area contributed by atoms with Crippen molar-refractivity contribution in [1.82, 2.24) is 5.32 Å². The molecule has 1 fully saturated rings. The Morgan fingerprint density at radius 1 is 1.50 bits per heavy atom. The molecule has 108 valence electrons. The first-order valence-electron chi connectivity index (χ1n) is 6.39. The number of carbonyl (C=O) groups is 2. The molecule has 0 aromatic heterocycles. The van der Waals surface area contributed by atoms with Crippen LogP contribution in [0.15, 0.2) is 18.2 Å². The fourth-order valence-electron chi connectivity index (χ4n) is 1.91. The first kappa shape index (κ1) is 14.8. The monoisotopic (exact) mass is 299 g/mol. The zero-order valence-corrected chi connectivity index (χ0v) is 11.7. The Morgan fingerprint density at radius 2 is 2.20 bits per heavy atom. The van der Waals surface area contributed by atoms with Gasteiger partial charge in [0, 0.05) is 6.04 Å². The van der Waals surface area contributed by atoms with E-state index in [4.69, 9.17) is 16.3 Å². The SMILES string of the molecule is C[C@H](NC(=O)COC(=O)c1c(F)cccc1Cl)C1CC1. The number of ether oxygens (including phenoxy) is 1. The van der Waals surface area contributed by atoms with E-state index >= 15 is 0 Å². The zero-order chi connectivity index (χ0) is 14.7. The molecular formula is C14H15ClFNO3. The number of hydrogen-bond donors (Lipinski definition) is 1. The van der Waals surface area contributed by atoms with Crippen LogP contribution in [0, 0.1) is 11.7 Å². The van der Waals surface area contributed by atoms with Gasteiger partial charge in [0.15, 0.2) is 6.61 Å². The van der Waals surface area contributed by atoms with Gasteiger partial charge in [-0.15, -0.1) is 0 Å². The van der Waals surface area contributed by atoms with Crippen molar-refractivity contribution in [2.24, 2.45) is 5.92 Å². The fraction of sp³-hybridized carbons (Fsp3) is 0.429. The molecule has 1 amide bonds. The molecule has 0 aliphatic heterocycles. The topological polar surface area (TPSA) is 55.4 Å². The van der Waals surface area contributed by atoms with E-state index in [0.29, 0.717) is 5.92 Å². The third-order valence-corrected chi connectivity index (χ3v) is 3.53. The second kappa shape index (κ2) is 6.22. The summed E-state index contributed by atoms with van der Waals surface area (Å²) < 4.78 is 18.2. The number of nitrogens with one attached hydrogen (secondary N) is 1. The van der Waals surface area contributed by atoms with Gasteiger partial charge in [0.2, 0.25) is 0 Å². The summed E-state index contributed by atoms with van der Waals surface area (Å²) in [5.41, 5.74) is -0.350. The number of carbonyl (C=O) groups excluding carboxylic acids is 2. The molecule has 0 unspecified atom stereocenters. The molecule has 1 atom stereocenters. The standard InChI is InChI=1S/C14H15ClFNO3/c1-8(9-5-6-9)17-12(18)7-20-14(19)13-10(15)3-2-4-11(13)16/h2-4,8-9H,5-7H2,1H3,(H,17,18)/t8-/m0/s1. The largest absolute Gasteiger partial charge is 0.452 e. The van der Waals surface area contributed by atoms with Crippen LogP contribution >= 0.6 is 11.6 Å². The Bertz CT molecular complexity index is 511. The third-order valence-electron chi connectivity index (χ3n) is 3.22. The molecule has 1 aromatic rings. The van der Waals surface area contributed by atoms with Crippen molar-refractivity contribution < 1.29 is 18.7 Å². The maximum Gasteiger partial charge on any atom is 0.343 e. The minimum atomic E-state index is -0.942. The van der Waals surface area contributed by atoms with Crippen molar-refractivity contribution in [2.75, 3.05) is 6.61 Å². The van der Waals surface area contributed by atoms with Crippen LogP contribution in [0.4, 0.5) is 4.39 Å². The van der Waals surface area contributed by atoms with Crippen LogP contribution in [-0.4, -0.2) is 24.5 Å². The molecule has 1 saturated carbocycles. The highest BCUT2D eigenvalue weighted by Crippen LogP contribution is 2.32. The Kier molecular flexibility index (Phi) is 4.60. The number of rotatable bonds is 5. The van der Waals surface area contributed by atoms with Crippen LogP contribution in [0.5, 0.6) is 0 Å². The van der Waals surface area contributed by atoms with Crippen LogP contribution in [0.1, 0.15) is 30.1 Å². The predicted octanol–water partition coefficient (Wildman–Crippen LogP) is 2.55. The second-order valence-electron chi connectivity index (χ2n) is 4.87. The first-order chi connectivity index (χ1) is 9.49. The van der Waals surface area contributed by atoms with Crippen LogP contribution in [0.2, 0.25) is 5.02 Å². The molecule has 0 heterocycles. The van der Waals surface area contributed by atoms with Gasteiger partial charge in [0.1, 0.15) is 11.4 Å². The van der Waals surface area contributed by atoms with Crippen molar-refractivity contribution in [3.8, 4) is 0 Å². The number of esters is 1. The van der Waals surface area contributed by atoms with Crippen molar-refractivity contribution in [1.29, 1.82) is 0 Å². The summed E-state index contributed by atoms with van der Waals surface area (Å²) in [6, 6.07) is 3.95. The molecular weight excluding hydrogens is 285 g/mol. The highest BCUT2D eigenvalue weighted by Gasteiger charge is 2.29. The van der Waals surface area contributed by atoms with Crippen molar-refractivity contribution in [3.63, 3.8) is 0 Å². The van der Waals surface area contributed by atoms with E-state index in [1.54, 1.807) is 0 Å². The number of benzene rings is 1. The van der Waals surface area contributed by atoms with Gasteiger partial charge in [-0.1, -0.05) is 17.7 Å². The van der Waals surface area contributed by atoms with E-state index in [2.05, 4.69) is 5.32 Å². The lowest BCUT2D eigenvalue weighted by Crippen LogP contribution is -2.37. The number of halogens is 2. The quantitative estimate of drug-likeness (QED) is 0.850. The molecule has 2 rings (SSSR count). The third kappa shape index (κ3) is 3.70. The molecule has 1 aliphatic rings. The Labute approximate surface area is 121 Å². The normalized spacial score (nSPS) is 15.6. The van der Waals surface area contributed by atoms with Gasteiger partial charge >= 0.3 is 5.97 Å². The average molecular weight is 300 g/mol. The summed E-state index contributed by atoms with van der Waals surface area (Å²) in [4.78, 5) is 23.3. The van der Waals surface area contributed by atoms with Gasteiger partial charge in [-0.3, -0.25) is 4.79 Å². The van der Waals surface area contributed by atoms with Gasteiger partial charge in [-0.25, -0.2) is 9.18 Å². The van der Waals surface area contributed by atoms with E-state index in [1.807, 2.05) is 6.92 Å². The van der Waals surface area contributed by atoms with E-state index in [9.17, 15) is 14.0 Å². The van der Waals surface area contributed by atoms with E-state index in [1.165, 1.54) is 12.1 Å². The van der Waals surface area contributed by atoms with Crippen LogP contribution in [0.25, 0.3) is 0 Å². The van der Waals surface area contributed by atoms with Gasteiger partial charge < -0.3 is 10.1 Å². The first-order valence-corrected chi connectivity index (χ1v) is 6.77. The summed E-state index contributed by atoms with van der Waals surface area (Å²) in [6.45, 7) is 1.46. The minimum absolute atomic E-state index is 0.0400. The summed E-state index contributed by atoms with van der Waals surface area (Å²) in [5, 5.41) is 2.69. The van der Waals surface area contributed by atoms with Gasteiger partial charge in [0.05, 0.1) is 5.02 Å². The maximum atomic E-state index is 13.5. The molecule has 1 aliphatic carbocycles. The number of amides is 1. The zero-order valence-electron chi connectivity index (χ0n) is 11.0. The minimum Gasteiger partial charge on any atom is -0.452 e. The maximum absolute atomic E-state index is 13.5. The van der Waals surface area contributed by atoms with Gasteiger partial charge in [0.25, 0.3) is 5.91 Å². The van der Waals surface area contributed by atoms with Crippen molar-refractivity contribution in [3.05, 3.63) is 34.6 Å². The Hall–Kier alpha value is -1.62. The summed E-state index contributed by atoms with van der Waals surface area (Å²) in [6.07, 6.45) is 2.21. The highest BCUT2D eigenvalue weighted by molar-refractivity contribution is 6.33. The predicted molar refractivity (Wildman–Crippen MR) is 72.0 cm³/mol. The Morgan fingerprint density at radius 3 is 2.80 bits per heavy atom. The average Bonchev–Trinajstić information content (AvgIpc) is 3.20. The lowest BCUT2D eigenvalue weighted by molar-refractivity contribution is -0.125. The Balaban J connectivity index is 1.87. The van der Waals surface area contributed by atoms with Crippen molar-refractivity contribution in [2.45, 2.75) is 25.8 Å². The van der Waals surface area contributed by atoms with Gasteiger partial charge in [-0.05, 0) is 37.8 Å². The summed E-state index contributed by atoms with van der Waals surface area (Å²) in [7, 11) is 0. The van der Waals surface area contributed by atoms with Crippen molar-refractivity contribution >= 4 is 23.5 Å². The fourth-order valence-corrected chi connectivity index (χ4v) is 2.15. The van der Waals surface area contributed by atoms with E-state index in [0.717, 1.165) is 18.9 Å². The molecule has 1 aromatic carbocycles. The number of hydrogen-bond acceptors (Lipinski definition) is 3. The molecule has 1 N–H and O–H groups in total. The molecule has 6 heteroatoms. The smallest absolute Gasteiger partial charge is 0.343 e. The second-order valence-corrected chi connectivity index (χ2v) is 5.27. The van der Waals surface area contributed by atoms with Crippen LogP contribution in [0.3, 0.4) is 0 Å². The van der Waals surface area contributed by atoms with Crippen LogP contribution in [-0.2, 0) is 9.53 Å². The molecule has 20 heavy (non-hydrogen) atoms. The highest BCUT2D eigenvalue weighted by atomic mass is 35.5.